The minimum Gasteiger partial charge on any atom is -0.369 e. The average molecular weight is 242 g/mol. The molecule has 1 aliphatic carbocycles. The maximum Gasteiger partial charge on any atom is 0.229 e. The van der Waals surface area contributed by atoms with Gasteiger partial charge >= 0.3 is 0 Å². The minimum atomic E-state index is -0.466. The van der Waals surface area contributed by atoms with Crippen molar-refractivity contribution < 1.29 is 4.79 Å². The zero-order valence-electron chi connectivity index (χ0n) is 10.4. The van der Waals surface area contributed by atoms with E-state index < -0.39 is 5.41 Å². The Morgan fingerprint density at radius 2 is 1.89 bits per heavy atom. The van der Waals surface area contributed by atoms with Crippen LogP contribution in [0.3, 0.4) is 0 Å². The Morgan fingerprint density at radius 3 is 2.61 bits per heavy atom. The average Bonchev–Trinajstić information content (AvgIpc) is 2.83. The number of amides is 1. The Kier molecular flexibility index (Phi) is 2.62. The number of pyridine rings is 1. The van der Waals surface area contributed by atoms with Crippen molar-refractivity contribution in [1.29, 1.82) is 0 Å². The van der Waals surface area contributed by atoms with Gasteiger partial charge in [0.25, 0.3) is 0 Å². The zero-order valence-corrected chi connectivity index (χ0v) is 10.4. The molecule has 0 saturated heterocycles. The van der Waals surface area contributed by atoms with Crippen LogP contribution in [-0.4, -0.2) is 10.3 Å². The van der Waals surface area contributed by atoms with Crippen LogP contribution in [0.2, 0.25) is 0 Å². The summed E-state index contributed by atoms with van der Waals surface area (Å²) in [5.74, 6) is -0.175. The quantitative estimate of drug-likeness (QED) is 0.864. The fraction of sp³-hybridized carbons (Fsp3) is 0.400. The van der Waals surface area contributed by atoms with Crippen LogP contribution < -0.4 is 5.73 Å². The van der Waals surface area contributed by atoms with Crippen LogP contribution in [0.1, 0.15) is 37.8 Å². The van der Waals surface area contributed by atoms with Crippen LogP contribution in [0.5, 0.6) is 0 Å². The topological polar surface area (TPSA) is 47.5 Å². The molecule has 3 rings (SSSR count). The number of primary amides is 1. The molecule has 0 spiro atoms. The summed E-state index contributed by atoms with van der Waals surface area (Å²) >= 11 is 0. The number of nitrogens with two attached hydrogens (primary N) is 1. The van der Waals surface area contributed by atoms with Gasteiger partial charge in [-0.25, -0.2) is 0 Å². The maximum atomic E-state index is 12.0. The van der Waals surface area contributed by atoms with Crippen molar-refractivity contribution in [2.24, 2.45) is 5.73 Å². The Balaban J connectivity index is 2.18. The molecule has 3 nitrogen and oxygen atoms in total. The van der Waals surface area contributed by atoms with Gasteiger partial charge < -0.3 is 10.1 Å². The first kappa shape index (κ1) is 11.3. The van der Waals surface area contributed by atoms with Crippen molar-refractivity contribution in [3.63, 3.8) is 0 Å². The molecule has 1 amide bonds. The van der Waals surface area contributed by atoms with E-state index in [9.17, 15) is 4.79 Å². The predicted molar refractivity (Wildman–Crippen MR) is 71.4 cm³/mol. The third-order valence-corrected chi connectivity index (χ3v) is 4.23. The molecule has 94 valence electrons. The molecule has 1 saturated carbocycles. The number of hydrogen-bond donors (Lipinski definition) is 1. The van der Waals surface area contributed by atoms with Crippen molar-refractivity contribution in [2.75, 3.05) is 0 Å². The molecule has 2 aromatic heterocycles. The van der Waals surface area contributed by atoms with Crippen LogP contribution in [0.25, 0.3) is 5.52 Å². The third kappa shape index (κ3) is 1.54. The Hall–Kier alpha value is -1.77. The molecule has 0 aliphatic heterocycles. The predicted octanol–water partition coefficient (Wildman–Crippen LogP) is 2.63. The number of nitrogens with zero attached hydrogens (tertiary/aromatic N) is 1. The maximum absolute atomic E-state index is 12.0. The van der Waals surface area contributed by atoms with E-state index in [4.69, 9.17) is 5.73 Å². The summed E-state index contributed by atoms with van der Waals surface area (Å²) in [4.78, 5) is 12.0. The molecule has 2 N–H and O–H groups in total. The Labute approximate surface area is 107 Å². The van der Waals surface area contributed by atoms with Crippen molar-refractivity contribution >= 4 is 11.4 Å². The summed E-state index contributed by atoms with van der Waals surface area (Å²) in [6, 6.07) is 10.2. The standard InChI is InChI=1S/C15H18N2O/c16-14(18)15(9-3-1-4-10-15)13-8-7-12-6-2-5-11-17(12)13/h2,5-8,11H,1,3-4,9-10H2,(H2,16,18). The van der Waals surface area contributed by atoms with Crippen molar-refractivity contribution in [1.82, 2.24) is 4.40 Å². The summed E-state index contributed by atoms with van der Waals surface area (Å²) in [5, 5.41) is 0. The fourth-order valence-corrected chi connectivity index (χ4v) is 3.23. The number of hydrogen-bond acceptors (Lipinski definition) is 1. The van der Waals surface area contributed by atoms with Crippen LogP contribution in [0.15, 0.2) is 36.5 Å². The molecule has 18 heavy (non-hydrogen) atoms. The lowest BCUT2D eigenvalue weighted by molar-refractivity contribution is -0.124. The van der Waals surface area contributed by atoms with Crippen molar-refractivity contribution in [3.05, 3.63) is 42.2 Å². The molecule has 0 aromatic carbocycles. The van der Waals surface area contributed by atoms with Gasteiger partial charge in [0.1, 0.15) is 0 Å². The van der Waals surface area contributed by atoms with Gasteiger partial charge in [0, 0.05) is 17.4 Å². The van der Waals surface area contributed by atoms with Gasteiger partial charge in [-0.05, 0) is 37.1 Å². The lowest BCUT2D eigenvalue weighted by atomic mass is 9.71. The van der Waals surface area contributed by atoms with Gasteiger partial charge in [-0.15, -0.1) is 0 Å². The summed E-state index contributed by atoms with van der Waals surface area (Å²) in [5.41, 5.74) is 7.45. The monoisotopic (exact) mass is 242 g/mol. The van der Waals surface area contributed by atoms with Crippen molar-refractivity contribution in [3.8, 4) is 0 Å². The van der Waals surface area contributed by atoms with E-state index in [1.165, 1.54) is 6.42 Å². The molecule has 0 atom stereocenters. The van der Waals surface area contributed by atoms with E-state index in [1.807, 2.05) is 18.3 Å². The number of aromatic nitrogens is 1. The lowest BCUT2D eigenvalue weighted by Crippen LogP contribution is -2.43. The van der Waals surface area contributed by atoms with Gasteiger partial charge in [-0.3, -0.25) is 4.79 Å². The second-order valence-corrected chi connectivity index (χ2v) is 5.22. The minimum absolute atomic E-state index is 0.175. The van der Waals surface area contributed by atoms with E-state index in [0.717, 1.165) is 36.9 Å². The number of rotatable bonds is 2. The molecule has 1 aliphatic rings. The SMILES string of the molecule is NC(=O)C1(c2ccc3ccccn23)CCCCC1. The lowest BCUT2D eigenvalue weighted by Gasteiger charge is -2.34. The van der Waals surface area contributed by atoms with E-state index in [2.05, 4.69) is 22.6 Å². The fourth-order valence-electron chi connectivity index (χ4n) is 3.23. The molecule has 1 fully saturated rings. The smallest absolute Gasteiger partial charge is 0.229 e. The Morgan fingerprint density at radius 1 is 1.11 bits per heavy atom. The highest BCUT2D eigenvalue weighted by atomic mass is 16.1. The van der Waals surface area contributed by atoms with E-state index in [1.54, 1.807) is 0 Å². The molecule has 3 heteroatoms. The van der Waals surface area contributed by atoms with Gasteiger partial charge in [0.15, 0.2) is 0 Å². The summed E-state index contributed by atoms with van der Waals surface area (Å²) in [6.45, 7) is 0. The summed E-state index contributed by atoms with van der Waals surface area (Å²) in [6.07, 6.45) is 7.15. The molecular weight excluding hydrogens is 224 g/mol. The second-order valence-electron chi connectivity index (χ2n) is 5.22. The molecule has 0 radical (unpaired) electrons. The Bertz CT molecular complexity index is 579. The van der Waals surface area contributed by atoms with E-state index in [-0.39, 0.29) is 5.91 Å². The normalized spacial score (nSPS) is 18.9. The molecule has 2 heterocycles. The second kappa shape index (κ2) is 4.16. The first-order valence-corrected chi connectivity index (χ1v) is 6.60. The molecule has 0 unspecified atom stereocenters. The first-order valence-electron chi connectivity index (χ1n) is 6.60. The van der Waals surface area contributed by atoms with Crippen molar-refractivity contribution in [2.45, 2.75) is 37.5 Å². The largest absolute Gasteiger partial charge is 0.369 e. The first-order chi connectivity index (χ1) is 8.74. The zero-order chi connectivity index (χ0) is 12.6. The van der Waals surface area contributed by atoms with Crippen LogP contribution in [-0.2, 0) is 10.2 Å². The van der Waals surface area contributed by atoms with Gasteiger partial charge in [0.2, 0.25) is 5.91 Å². The van der Waals surface area contributed by atoms with Crippen LogP contribution >= 0.6 is 0 Å². The highest BCUT2D eigenvalue weighted by Gasteiger charge is 2.41. The number of carbonyl (C=O) groups is 1. The van der Waals surface area contributed by atoms with Crippen LogP contribution in [0.4, 0.5) is 0 Å². The molecule has 0 bridgehead atoms. The van der Waals surface area contributed by atoms with E-state index in [0.29, 0.717) is 0 Å². The number of carbonyl (C=O) groups excluding carboxylic acids is 1. The van der Waals surface area contributed by atoms with Gasteiger partial charge in [0.05, 0.1) is 5.41 Å². The third-order valence-electron chi connectivity index (χ3n) is 4.23. The van der Waals surface area contributed by atoms with E-state index >= 15 is 0 Å². The molecular formula is C15H18N2O. The highest BCUT2D eigenvalue weighted by molar-refractivity contribution is 5.86. The summed E-state index contributed by atoms with van der Waals surface area (Å²) in [7, 11) is 0. The number of fused-ring (bicyclic) bond motifs is 1. The van der Waals surface area contributed by atoms with Gasteiger partial charge in [-0.1, -0.05) is 25.3 Å². The summed E-state index contributed by atoms with van der Waals surface area (Å²) < 4.78 is 2.11. The van der Waals surface area contributed by atoms with Crippen LogP contribution in [0, 0.1) is 0 Å². The molecule has 2 aromatic rings. The highest BCUT2D eigenvalue weighted by Crippen LogP contribution is 2.39. The van der Waals surface area contributed by atoms with Gasteiger partial charge in [-0.2, -0.15) is 0 Å².